The van der Waals surface area contributed by atoms with Gasteiger partial charge in [-0.25, -0.2) is 9.78 Å². The lowest BCUT2D eigenvalue weighted by atomic mass is 10.2. The van der Waals surface area contributed by atoms with Crippen LogP contribution < -0.4 is 5.32 Å². The van der Waals surface area contributed by atoms with E-state index in [1.54, 1.807) is 17.9 Å². The summed E-state index contributed by atoms with van der Waals surface area (Å²) < 4.78 is 1.74. The number of aromatic nitrogens is 4. The van der Waals surface area contributed by atoms with Crippen molar-refractivity contribution in [3.63, 3.8) is 0 Å². The minimum Gasteiger partial charge on any atom is -0.478 e. The van der Waals surface area contributed by atoms with Crippen molar-refractivity contribution in [3.05, 3.63) is 40.1 Å². The highest BCUT2D eigenvalue weighted by atomic mass is 16.6. The molecule has 0 atom stereocenters. The highest BCUT2D eigenvalue weighted by Gasteiger charge is 2.17. The summed E-state index contributed by atoms with van der Waals surface area (Å²) in [6.45, 7) is 0.373. The first-order valence-corrected chi connectivity index (χ1v) is 5.93. The third-order valence-corrected chi connectivity index (χ3v) is 2.76. The minimum atomic E-state index is -1.28. The summed E-state index contributed by atoms with van der Waals surface area (Å²) in [6.07, 6.45) is 3.08. The minimum absolute atomic E-state index is 0.0790. The van der Waals surface area contributed by atoms with Gasteiger partial charge in [-0.3, -0.25) is 10.1 Å². The number of rotatable bonds is 6. The number of aromatic carboxylic acids is 1. The fourth-order valence-electron chi connectivity index (χ4n) is 1.68. The van der Waals surface area contributed by atoms with Gasteiger partial charge in [-0.05, 0) is 0 Å². The molecule has 0 bridgehead atoms. The molecule has 2 N–H and O–H groups in total. The van der Waals surface area contributed by atoms with Crippen molar-refractivity contribution >= 4 is 17.5 Å². The van der Waals surface area contributed by atoms with Gasteiger partial charge in [0.1, 0.15) is 29.7 Å². The Bertz CT molecular complexity index is 683. The van der Waals surface area contributed by atoms with Crippen LogP contribution in [0.3, 0.4) is 0 Å². The zero-order valence-electron chi connectivity index (χ0n) is 11.1. The Labute approximate surface area is 118 Å². The number of hydrogen-bond acceptors (Lipinski definition) is 7. The average Bonchev–Trinajstić information content (AvgIpc) is 2.84. The molecular weight excluding hydrogens is 280 g/mol. The molecule has 2 heterocycles. The van der Waals surface area contributed by atoms with Crippen molar-refractivity contribution in [3.8, 4) is 0 Å². The number of carboxylic acids is 1. The molecule has 0 aliphatic carbocycles. The highest BCUT2D eigenvalue weighted by molar-refractivity contribution is 5.93. The van der Waals surface area contributed by atoms with Crippen LogP contribution in [0.15, 0.2) is 18.6 Å². The predicted octanol–water partition coefficient (Wildman–Crippen LogP) is 0.471. The van der Waals surface area contributed by atoms with Gasteiger partial charge in [0.2, 0.25) is 0 Å². The molecule has 0 radical (unpaired) electrons. The third-order valence-electron chi connectivity index (χ3n) is 2.76. The molecule has 0 aromatic carbocycles. The van der Waals surface area contributed by atoms with Crippen LogP contribution in [0.4, 0.5) is 11.5 Å². The van der Waals surface area contributed by atoms with Crippen LogP contribution in [0.2, 0.25) is 0 Å². The Balaban J connectivity index is 2.10. The van der Waals surface area contributed by atoms with Crippen LogP contribution in [-0.4, -0.2) is 42.3 Å². The van der Waals surface area contributed by atoms with E-state index in [4.69, 9.17) is 5.11 Å². The lowest BCUT2D eigenvalue weighted by molar-refractivity contribution is -0.385. The average molecular weight is 292 g/mol. The summed E-state index contributed by atoms with van der Waals surface area (Å²) in [7, 11) is 1.79. The fourth-order valence-corrected chi connectivity index (χ4v) is 1.68. The van der Waals surface area contributed by atoms with E-state index in [1.807, 2.05) is 0 Å². The molecule has 0 unspecified atom stereocenters. The number of nitrogens with zero attached hydrogens (tertiary/aromatic N) is 5. The van der Waals surface area contributed by atoms with E-state index in [0.29, 0.717) is 13.0 Å². The molecule has 0 spiro atoms. The smallest absolute Gasteiger partial charge is 0.339 e. The van der Waals surface area contributed by atoms with Gasteiger partial charge in [0.05, 0.1) is 4.92 Å². The number of nitro groups is 1. The summed E-state index contributed by atoms with van der Waals surface area (Å²) in [5, 5.41) is 30.1. The van der Waals surface area contributed by atoms with Crippen molar-refractivity contribution in [1.29, 1.82) is 0 Å². The van der Waals surface area contributed by atoms with Crippen LogP contribution >= 0.6 is 0 Å². The van der Waals surface area contributed by atoms with Crippen LogP contribution in [0.1, 0.15) is 16.2 Å². The first kappa shape index (κ1) is 14.4. The summed E-state index contributed by atoms with van der Waals surface area (Å²) in [4.78, 5) is 24.8. The summed E-state index contributed by atoms with van der Waals surface area (Å²) in [5.74, 6) is -0.482. The maximum atomic E-state index is 11.1. The number of aryl methyl sites for hydroxylation is 1. The van der Waals surface area contributed by atoms with Crippen LogP contribution in [0.5, 0.6) is 0 Å². The molecular formula is C11H12N6O4. The second-order valence-electron chi connectivity index (χ2n) is 4.19. The summed E-state index contributed by atoms with van der Waals surface area (Å²) in [5.41, 5.74) is -0.617. The van der Waals surface area contributed by atoms with Gasteiger partial charge in [-0.2, -0.15) is 0 Å². The molecule has 10 heteroatoms. The zero-order chi connectivity index (χ0) is 15.4. The maximum Gasteiger partial charge on any atom is 0.339 e. The Morgan fingerprint density at radius 1 is 1.57 bits per heavy atom. The first-order valence-electron chi connectivity index (χ1n) is 5.93. The van der Waals surface area contributed by atoms with Crippen LogP contribution in [0, 0.1) is 10.1 Å². The molecule has 0 aliphatic heterocycles. The molecule has 0 aliphatic rings. The largest absolute Gasteiger partial charge is 0.478 e. The van der Waals surface area contributed by atoms with E-state index < -0.39 is 10.9 Å². The Morgan fingerprint density at radius 2 is 2.33 bits per heavy atom. The van der Waals surface area contributed by atoms with Crippen molar-refractivity contribution in [2.75, 3.05) is 11.9 Å². The highest BCUT2D eigenvalue weighted by Crippen LogP contribution is 2.19. The maximum absolute atomic E-state index is 11.1. The molecule has 10 nitrogen and oxygen atoms in total. The van der Waals surface area contributed by atoms with Crippen molar-refractivity contribution in [1.82, 2.24) is 19.7 Å². The lowest BCUT2D eigenvalue weighted by Crippen LogP contribution is -2.13. The number of carbonyl (C=O) groups is 1. The second-order valence-corrected chi connectivity index (χ2v) is 4.19. The van der Waals surface area contributed by atoms with Gasteiger partial charge in [0.25, 0.3) is 5.69 Å². The van der Waals surface area contributed by atoms with Gasteiger partial charge in [-0.15, -0.1) is 10.2 Å². The molecule has 0 fully saturated rings. The summed E-state index contributed by atoms with van der Waals surface area (Å²) >= 11 is 0. The molecule has 0 saturated heterocycles. The predicted molar refractivity (Wildman–Crippen MR) is 71.0 cm³/mol. The van der Waals surface area contributed by atoms with Crippen LogP contribution in [-0.2, 0) is 13.5 Å². The molecule has 0 saturated carbocycles. The first-order chi connectivity index (χ1) is 9.99. The quantitative estimate of drug-likeness (QED) is 0.579. The van der Waals surface area contributed by atoms with Gasteiger partial charge in [-0.1, -0.05) is 0 Å². The SMILES string of the molecule is Cn1cnnc1CCNc1ncc([N+](=O)[O-])cc1C(=O)O. The van der Waals surface area contributed by atoms with Crippen molar-refractivity contribution < 1.29 is 14.8 Å². The van der Waals surface area contributed by atoms with E-state index in [2.05, 4.69) is 20.5 Å². The Kier molecular flexibility index (Phi) is 4.07. The van der Waals surface area contributed by atoms with Gasteiger partial charge in [0, 0.05) is 26.1 Å². The van der Waals surface area contributed by atoms with Gasteiger partial charge >= 0.3 is 5.97 Å². The van der Waals surface area contributed by atoms with E-state index in [1.165, 1.54) is 0 Å². The molecule has 2 aromatic rings. The normalized spacial score (nSPS) is 10.3. The Morgan fingerprint density at radius 3 is 2.90 bits per heavy atom. The van der Waals surface area contributed by atoms with Crippen LogP contribution in [0.25, 0.3) is 0 Å². The zero-order valence-corrected chi connectivity index (χ0v) is 11.1. The number of hydrogen-bond donors (Lipinski definition) is 2. The van der Waals surface area contributed by atoms with E-state index in [-0.39, 0.29) is 17.1 Å². The standard InChI is InChI=1S/C11H12N6O4/c1-16-6-14-15-9(16)2-3-12-10-8(11(18)19)4-7(5-13-10)17(20)21/h4-6H,2-3H2,1H3,(H,12,13)(H,18,19). The fraction of sp³-hybridized carbons (Fsp3) is 0.273. The lowest BCUT2D eigenvalue weighted by Gasteiger charge is -2.08. The second kappa shape index (κ2) is 5.94. The van der Waals surface area contributed by atoms with E-state index >= 15 is 0 Å². The van der Waals surface area contributed by atoms with Crippen molar-refractivity contribution in [2.45, 2.75) is 6.42 Å². The number of carboxylic acid groups (broad SMARTS) is 1. The van der Waals surface area contributed by atoms with Gasteiger partial charge in [0.15, 0.2) is 0 Å². The van der Waals surface area contributed by atoms with E-state index in [0.717, 1.165) is 18.1 Å². The van der Waals surface area contributed by atoms with Crippen molar-refractivity contribution in [2.24, 2.45) is 7.05 Å². The number of nitrogens with one attached hydrogen (secondary N) is 1. The Hall–Kier alpha value is -3.04. The molecule has 110 valence electrons. The summed E-state index contributed by atoms with van der Waals surface area (Å²) in [6, 6.07) is 0.972. The topological polar surface area (TPSA) is 136 Å². The monoisotopic (exact) mass is 292 g/mol. The number of pyridine rings is 1. The molecule has 0 amide bonds. The molecule has 2 aromatic heterocycles. The third kappa shape index (κ3) is 3.29. The molecule has 2 rings (SSSR count). The van der Waals surface area contributed by atoms with Gasteiger partial charge < -0.3 is 15.0 Å². The number of anilines is 1. The molecule has 21 heavy (non-hydrogen) atoms. The van der Waals surface area contributed by atoms with E-state index in [9.17, 15) is 14.9 Å².